The van der Waals surface area contributed by atoms with E-state index in [9.17, 15) is 4.79 Å². The van der Waals surface area contributed by atoms with Gasteiger partial charge in [0.05, 0.1) is 13.7 Å². The van der Waals surface area contributed by atoms with E-state index in [0.717, 1.165) is 25.2 Å². The topological polar surface area (TPSA) is 53.9 Å². The van der Waals surface area contributed by atoms with Crippen LogP contribution in [0.2, 0.25) is 0 Å². The van der Waals surface area contributed by atoms with Crippen molar-refractivity contribution in [3.05, 3.63) is 35.4 Å². The Kier molecular flexibility index (Phi) is 5.75. The largest absolute Gasteiger partial charge is 0.468 e. The molecule has 0 atom stereocenters. The highest BCUT2D eigenvalue weighted by Gasteiger charge is 2.12. The van der Waals surface area contributed by atoms with Crippen LogP contribution in [0, 0.1) is 6.92 Å². The highest BCUT2D eigenvalue weighted by Crippen LogP contribution is 2.07. The first-order valence-corrected chi connectivity index (χ1v) is 7.38. The average molecular weight is 289 g/mol. The normalized spacial score (nSPS) is 16.0. The number of aliphatic imine (C=N–C) groups is 1. The van der Waals surface area contributed by atoms with Crippen molar-refractivity contribution < 1.29 is 9.53 Å². The van der Waals surface area contributed by atoms with Gasteiger partial charge in [0.1, 0.15) is 0 Å². The second-order valence-corrected chi connectivity index (χ2v) is 5.21. The molecule has 0 radical (unpaired) electrons. The van der Waals surface area contributed by atoms with Crippen molar-refractivity contribution in [3.8, 4) is 0 Å². The van der Waals surface area contributed by atoms with Gasteiger partial charge in [-0.3, -0.25) is 10.1 Å². The van der Waals surface area contributed by atoms with Gasteiger partial charge in [0.2, 0.25) is 0 Å². The van der Waals surface area contributed by atoms with E-state index in [1.165, 1.54) is 20.0 Å². The van der Waals surface area contributed by atoms with Gasteiger partial charge in [-0.25, -0.2) is 4.99 Å². The molecule has 0 spiro atoms. The number of aryl methyl sites for hydroxylation is 1. The molecular formula is C16H23N3O2. The summed E-state index contributed by atoms with van der Waals surface area (Å²) >= 11 is 0. The van der Waals surface area contributed by atoms with Crippen LogP contribution in [0.3, 0.4) is 0 Å². The van der Waals surface area contributed by atoms with Crippen LogP contribution in [-0.4, -0.2) is 50.1 Å². The lowest BCUT2D eigenvalue weighted by Gasteiger charge is -2.13. The molecule has 1 aromatic rings. The van der Waals surface area contributed by atoms with Crippen molar-refractivity contribution in [1.29, 1.82) is 0 Å². The Bertz CT molecular complexity index is 508. The summed E-state index contributed by atoms with van der Waals surface area (Å²) in [6.45, 7) is 5.75. The lowest BCUT2D eigenvalue weighted by molar-refractivity contribution is 0.0967. The Labute approximate surface area is 126 Å². The van der Waals surface area contributed by atoms with Crippen LogP contribution in [0.15, 0.2) is 29.3 Å². The average Bonchev–Trinajstić information content (AvgIpc) is 2.99. The zero-order valence-electron chi connectivity index (χ0n) is 12.8. The van der Waals surface area contributed by atoms with E-state index in [0.29, 0.717) is 12.1 Å². The molecule has 0 aliphatic carbocycles. The van der Waals surface area contributed by atoms with E-state index >= 15 is 0 Å². The van der Waals surface area contributed by atoms with Gasteiger partial charge < -0.3 is 9.64 Å². The number of amidine groups is 1. The third-order valence-electron chi connectivity index (χ3n) is 3.67. The van der Waals surface area contributed by atoms with Crippen LogP contribution in [0.5, 0.6) is 0 Å². The Morgan fingerprint density at radius 3 is 2.71 bits per heavy atom. The van der Waals surface area contributed by atoms with Crippen LogP contribution < -0.4 is 5.32 Å². The maximum Gasteiger partial charge on any atom is 0.291 e. The summed E-state index contributed by atoms with van der Waals surface area (Å²) in [6, 6.07) is 7.74. The fraction of sp³-hybridized carbons (Fsp3) is 0.500. The Hall–Kier alpha value is -1.88. The van der Waals surface area contributed by atoms with Crippen molar-refractivity contribution in [2.75, 3.05) is 33.3 Å². The first-order valence-electron chi connectivity index (χ1n) is 7.38. The number of ether oxygens (including phenoxy) is 1. The van der Waals surface area contributed by atoms with Gasteiger partial charge in [0, 0.05) is 12.1 Å². The monoisotopic (exact) mass is 289 g/mol. The number of amides is 1. The molecule has 0 aromatic heterocycles. The molecule has 0 saturated carbocycles. The maximum atomic E-state index is 12.2. The van der Waals surface area contributed by atoms with Crippen molar-refractivity contribution in [2.45, 2.75) is 19.8 Å². The minimum atomic E-state index is -0.185. The zero-order chi connectivity index (χ0) is 15.1. The second-order valence-electron chi connectivity index (χ2n) is 5.21. The van der Waals surface area contributed by atoms with E-state index in [1.807, 2.05) is 25.1 Å². The summed E-state index contributed by atoms with van der Waals surface area (Å²) in [5.74, 6) is -0.185. The quantitative estimate of drug-likeness (QED) is 0.679. The SMILES string of the molecule is COC(=NCCN1CCCC1)NC(=O)c1ccccc1C. The van der Waals surface area contributed by atoms with E-state index < -0.39 is 0 Å². The lowest BCUT2D eigenvalue weighted by Crippen LogP contribution is -2.33. The van der Waals surface area contributed by atoms with Crippen LogP contribution in [0.25, 0.3) is 0 Å². The molecule has 1 saturated heterocycles. The first kappa shape index (κ1) is 15.5. The van der Waals surface area contributed by atoms with Crippen molar-refractivity contribution in [1.82, 2.24) is 10.2 Å². The third kappa shape index (κ3) is 4.56. The highest BCUT2D eigenvalue weighted by molar-refractivity contribution is 6.04. The zero-order valence-corrected chi connectivity index (χ0v) is 12.8. The molecule has 1 aromatic carbocycles. The van der Waals surface area contributed by atoms with Gasteiger partial charge in [-0.2, -0.15) is 0 Å². The van der Waals surface area contributed by atoms with Crippen LogP contribution in [0.4, 0.5) is 0 Å². The van der Waals surface area contributed by atoms with Gasteiger partial charge >= 0.3 is 0 Å². The lowest BCUT2D eigenvalue weighted by atomic mass is 10.1. The molecule has 1 aliphatic rings. The van der Waals surface area contributed by atoms with Gasteiger partial charge in [-0.05, 0) is 44.5 Å². The molecule has 21 heavy (non-hydrogen) atoms. The van der Waals surface area contributed by atoms with Crippen molar-refractivity contribution in [2.24, 2.45) is 4.99 Å². The molecule has 5 heteroatoms. The number of hydrogen-bond acceptors (Lipinski definition) is 4. The highest BCUT2D eigenvalue weighted by atomic mass is 16.5. The number of hydrogen-bond donors (Lipinski definition) is 1. The third-order valence-corrected chi connectivity index (χ3v) is 3.67. The summed E-state index contributed by atoms with van der Waals surface area (Å²) < 4.78 is 5.15. The summed E-state index contributed by atoms with van der Waals surface area (Å²) in [5.41, 5.74) is 1.57. The molecule has 1 N–H and O–H groups in total. The molecule has 1 amide bonds. The van der Waals surface area contributed by atoms with Gasteiger partial charge in [-0.1, -0.05) is 18.2 Å². The standard InChI is InChI=1S/C16H23N3O2/c1-13-7-3-4-8-14(13)15(20)18-16(21-2)17-9-12-19-10-5-6-11-19/h3-4,7-8H,5-6,9-12H2,1-2H3,(H,17,18,20). The number of likely N-dealkylation sites (tertiary alicyclic amines) is 1. The summed E-state index contributed by atoms with van der Waals surface area (Å²) in [7, 11) is 1.52. The number of nitrogens with zero attached hydrogens (tertiary/aromatic N) is 2. The van der Waals surface area contributed by atoms with Gasteiger partial charge in [0.25, 0.3) is 11.9 Å². The van der Waals surface area contributed by atoms with Gasteiger partial charge in [0.15, 0.2) is 0 Å². The minimum Gasteiger partial charge on any atom is -0.468 e. The molecule has 2 rings (SSSR count). The predicted octanol–water partition coefficient (Wildman–Crippen LogP) is 1.82. The van der Waals surface area contributed by atoms with Crippen LogP contribution >= 0.6 is 0 Å². The molecule has 1 fully saturated rings. The maximum absolute atomic E-state index is 12.2. The first-order chi connectivity index (χ1) is 10.2. The minimum absolute atomic E-state index is 0.185. The van der Waals surface area contributed by atoms with Crippen LogP contribution in [0.1, 0.15) is 28.8 Å². The second kappa shape index (κ2) is 7.78. The number of benzene rings is 1. The Morgan fingerprint density at radius 1 is 1.33 bits per heavy atom. The number of carbonyl (C=O) groups is 1. The molecule has 1 heterocycles. The van der Waals surface area contributed by atoms with E-state index in [1.54, 1.807) is 6.07 Å². The Balaban J connectivity index is 1.88. The number of nitrogens with one attached hydrogen (secondary N) is 1. The summed E-state index contributed by atoms with van der Waals surface area (Å²) in [5, 5.41) is 2.72. The predicted molar refractivity (Wildman–Crippen MR) is 83.6 cm³/mol. The molecule has 114 valence electrons. The van der Waals surface area contributed by atoms with E-state index in [4.69, 9.17) is 4.74 Å². The summed E-state index contributed by atoms with van der Waals surface area (Å²) in [4.78, 5) is 18.9. The van der Waals surface area contributed by atoms with Gasteiger partial charge in [-0.15, -0.1) is 0 Å². The fourth-order valence-electron chi connectivity index (χ4n) is 2.45. The van der Waals surface area contributed by atoms with Crippen molar-refractivity contribution in [3.63, 3.8) is 0 Å². The van der Waals surface area contributed by atoms with Crippen LogP contribution in [-0.2, 0) is 4.74 Å². The molecule has 5 nitrogen and oxygen atoms in total. The number of carbonyl (C=O) groups excluding carboxylic acids is 1. The fourth-order valence-corrected chi connectivity index (χ4v) is 2.45. The molecule has 0 unspecified atom stereocenters. The smallest absolute Gasteiger partial charge is 0.291 e. The van der Waals surface area contributed by atoms with E-state index in [-0.39, 0.29) is 11.9 Å². The molecular weight excluding hydrogens is 266 g/mol. The molecule has 1 aliphatic heterocycles. The van der Waals surface area contributed by atoms with E-state index in [2.05, 4.69) is 15.2 Å². The number of rotatable bonds is 4. The Morgan fingerprint density at radius 2 is 2.05 bits per heavy atom. The summed E-state index contributed by atoms with van der Waals surface area (Å²) in [6.07, 6.45) is 2.54. The number of methoxy groups -OCH3 is 1. The van der Waals surface area contributed by atoms with Crippen molar-refractivity contribution >= 4 is 11.9 Å². The molecule has 0 bridgehead atoms.